The molecule has 0 amide bonds. The standard InChI is InChI=1S/C19H32O3S/c1-3-4-5-6-7-8-9-10-11-12-13-18-16-19(23(20,21)22)15-14-17(18)2/h14-16H,3-13H2,1-2H3,(H,20,21,22). The van der Waals surface area contributed by atoms with Gasteiger partial charge in [0.15, 0.2) is 0 Å². The molecule has 3 nitrogen and oxygen atoms in total. The summed E-state index contributed by atoms with van der Waals surface area (Å²) in [5.41, 5.74) is 2.12. The molecule has 0 unspecified atom stereocenters. The summed E-state index contributed by atoms with van der Waals surface area (Å²) in [7, 11) is -4.09. The summed E-state index contributed by atoms with van der Waals surface area (Å²) in [5, 5.41) is 0. The van der Waals surface area contributed by atoms with Gasteiger partial charge in [-0.25, -0.2) is 0 Å². The summed E-state index contributed by atoms with van der Waals surface area (Å²) in [6, 6.07) is 4.85. The van der Waals surface area contributed by atoms with Crippen LogP contribution in [-0.4, -0.2) is 13.0 Å². The van der Waals surface area contributed by atoms with E-state index in [0.29, 0.717) is 0 Å². The van der Waals surface area contributed by atoms with Gasteiger partial charge in [-0.05, 0) is 43.0 Å². The van der Waals surface area contributed by atoms with Gasteiger partial charge in [-0.1, -0.05) is 70.8 Å². The van der Waals surface area contributed by atoms with Crippen LogP contribution in [0.25, 0.3) is 0 Å². The minimum atomic E-state index is -4.09. The number of hydrogen-bond donors (Lipinski definition) is 1. The fourth-order valence-corrected chi connectivity index (χ4v) is 3.41. The van der Waals surface area contributed by atoms with Crippen LogP contribution in [0.15, 0.2) is 23.1 Å². The van der Waals surface area contributed by atoms with Crippen molar-refractivity contribution >= 4 is 10.1 Å². The van der Waals surface area contributed by atoms with E-state index in [0.717, 1.165) is 24.0 Å². The Morgan fingerprint density at radius 2 is 1.39 bits per heavy atom. The number of benzene rings is 1. The van der Waals surface area contributed by atoms with Crippen LogP contribution in [0, 0.1) is 6.92 Å². The molecule has 23 heavy (non-hydrogen) atoms. The van der Waals surface area contributed by atoms with Crippen molar-refractivity contribution in [3.05, 3.63) is 29.3 Å². The molecule has 0 saturated carbocycles. The van der Waals surface area contributed by atoms with Crippen molar-refractivity contribution in [1.29, 1.82) is 0 Å². The van der Waals surface area contributed by atoms with E-state index in [2.05, 4.69) is 6.92 Å². The van der Waals surface area contributed by atoms with E-state index in [1.807, 2.05) is 6.92 Å². The molecule has 0 heterocycles. The second-order valence-electron chi connectivity index (χ2n) is 6.50. The minimum absolute atomic E-state index is 0.00480. The number of unbranched alkanes of at least 4 members (excludes halogenated alkanes) is 9. The average Bonchev–Trinajstić information content (AvgIpc) is 2.49. The molecular formula is C19H32O3S. The highest BCUT2D eigenvalue weighted by Gasteiger charge is 2.11. The summed E-state index contributed by atoms with van der Waals surface area (Å²) in [4.78, 5) is 0.00480. The lowest BCUT2D eigenvalue weighted by molar-refractivity contribution is 0.483. The molecule has 0 aliphatic rings. The van der Waals surface area contributed by atoms with Crippen molar-refractivity contribution < 1.29 is 13.0 Å². The van der Waals surface area contributed by atoms with Gasteiger partial charge >= 0.3 is 0 Å². The lowest BCUT2D eigenvalue weighted by Gasteiger charge is -2.08. The molecule has 0 saturated heterocycles. The van der Waals surface area contributed by atoms with Crippen LogP contribution < -0.4 is 0 Å². The van der Waals surface area contributed by atoms with Crippen LogP contribution in [0.2, 0.25) is 0 Å². The Morgan fingerprint density at radius 1 is 0.870 bits per heavy atom. The van der Waals surface area contributed by atoms with Gasteiger partial charge in [-0.2, -0.15) is 8.42 Å². The van der Waals surface area contributed by atoms with E-state index in [1.54, 1.807) is 12.1 Å². The highest BCUT2D eigenvalue weighted by Crippen LogP contribution is 2.18. The average molecular weight is 341 g/mol. The Morgan fingerprint density at radius 3 is 1.91 bits per heavy atom. The van der Waals surface area contributed by atoms with Gasteiger partial charge in [0.1, 0.15) is 0 Å². The van der Waals surface area contributed by atoms with E-state index >= 15 is 0 Å². The van der Waals surface area contributed by atoms with E-state index in [-0.39, 0.29) is 4.90 Å². The maximum absolute atomic E-state index is 11.2. The third-order valence-corrected chi connectivity index (χ3v) is 5.27. The number of aryl methyl sites for hydroxylation is 2. The zero-order valence-corrected chi connectivity index (χ0v) is 15.5. The fourth-order valence-electron chi connectivity index (χ4n) is 2.88. The zero-order valence-electron chi connectivity index (χ0n) is 14.7. The van der Waals surface area contributed by atoms with Gasteiger partial charge in [-0.15, -0.1) is 0 Å². The van der Waals surface area contributed by atoms with Crippen molar-refractivity contribution in [2.45, 2.75) is 89.4 Å². The normalized spacial score (nSPS) is 11.8. The predicted molar refractivity (Wildman–Crippen MR) is 96.5 cm³/mol. The predicted octanol–water partition coefficient (Wildman–Crippen LogP) is 5.71. The molecule has 0 fully saturated rings. The molecule has 0 aromatic heterocycles. The monoisotopic (exact) mass is 340 g/mol. The van der Waals surface area contributed by atoms with E-state index in [4.69, 9.17) is 4.55 Å². The van der Waals surface area contributed by atoms with Gasteiger partial charge in [0.2, 0.25) is 0 Å². The molecule has 0 radical (unpaired) electrons. The lowest BCUT2D eigenvalue weighted by Crippen LogP contribution is -2.00. The summed E-state index contributed by atoms with van der Waals surface area (Å²) < 4.78 is 31.5. The fraction of sp³-hybridized carbons (Fsp3) is 0.684. The smallest absolute Gasteiger partial charge is 0.282 e. The Kier molecular flexibility index (Phi) is 9.49. The van der Waals surface area contributed by atoms with Crippen molar-refractivity contribution in [2.75, 3.05) is 0 Å². The van der Waals surface area contributed by atoms with Gasteiger partial charge < -0.3 is 0 Å². The molecule has 1 aromatic rings. The quantitative estimate of drug-likeness (QED) is 0.392. The molecule has 0 spiro atoms. The molecule has 1 N–H and O–H groups in total. The second-order valence-corrected chi connectivity index (χ2v) is 7.92. The van der Waals surface area contributed by atoms with E-state index in [9.17, 15) is 8.42 Å². The SMILES string of the molecule is CCCCCCCCCCCCc1cc(S(=O)(=O)O)ccc1C. The molecule has 0 aliphatic heterocycles. The first-order valence-corrected chi connectivity index (χ1v) is 10.5. The second kappa shape index (κ2) is 10.8. The largest absolute Gasteiger partial charge is 0.294 e. The summed E-state index contributed by atoms with van der Waals surface area (Å²) in [6.07, 6.45) is 13.8. The number of rotatable bonds is 12. The first-order valence-electron chi connectivity index (χ1n) is 9.02. The Labute approximate surface area is 142 Å². The van der Waals surface area contributed by atoms with Crippen LogP contribution in [-0.2, 0) is 16.5 Å². The molecular weight excluding hydrogens is 308 g/mol. The van der Waals surface area contributed by atoms with Crippen molar-refractivity contribution in [3.8, 4) is 0 Å². The van der Waals surface area contributed by atoms with Crippen LogP contribution >= 0.6 is 0 Å². The van der Waals surface area contributed by atoms with E-state index in [1.165, 1.54) is 63.9 Å². The molecule has 0 aliphatic carbocycles. The van der Waals surface area contributed by atoms with E-state index < -0.39 is 10.1 Å². The Balaban J connectivity index is 2.21. The molecule has 4 heteroatoms. The summed E-state index contributed by atoms with van der Waals surface area (Å²) in [5.74, 6) is 0. The van der Waals surface area contributed by atoms with Crippen LogP contribution in [0.4, 0.5) is 0 Å². The minimum Gasteiger partial charge on any atom is -0.282 e. The van der Waals surface area contributed by atoms with Crippen LogP contribution in [0.3, 0.4) is 0 Å². The van der Waals surface area contributed by atoms with Crippen molar-refractivity contribution in [1.82, 2.24) is 0 Å². The van der Waals surface area contributed by atoms with Gasteiger partial charge in [0.25, 0.3) is 10.1 Å². The Bertz CT molecular complexity index is 550. The van der Waals surface area contributed by atoms with Crippen molar-refractivity contribution in [3.63, 3.8) is 0 Å². The van der Waals surface area contributed by atoms with Gasteiger partial charge in [-0.3, -0.25) is 4.55 Å². The Hall–Kier alpha value is -0.870. The lowest BCUT2D eigenvalue weighted by atomic mass is 10.0. The van der Waals surface area contributed by atoms with Crippen molar-refractivity contribution in [2.24, 2.45) is 0 Å². The topological polar surface area (TPSA) is 54.4 Å². The zero-order chi connectivity index (χ0) is 17.1. The molecule has 0 atom stereocenters. The first kappa shape index (κ1) is 20.2. The third kappa shape index (κ3) is 8.52. The molecule has 1 rings (SSSR count). The summed E-state index contributed by atoms with van der Waals surface area (Å²) in [6.45, 7) is 4.23. The van der Waals surface area contributed by atoms with Crippen LogP contribution in [0.1, 0.15) is 82.3 Å². The van der Waals surface area contributed by atoms with Gasteiger partial charge in [0, 0.05) is 0 Å². The number of hydrogen-bond acceptors (Lipinski definition) is 2. The maximum Gasteiger partial charge on any atom is 0.294 e. The highest BCUT2D eigenvalue weighted by atomic mass is 32.2. The molecule has 1 aromatic carbocycles. The maximum atomic E-state index is 11.2. The highest BCUT2D eigenvalue weighted by molar-refractivity contribution is 7.85. The van der Waals surface area contributed by atoms with Gasteiger partial charge in [0.05, 0.1) is 4.90 Å². The third-order valence-electron chi connectivity index (χ3n) is 4.42. The van der Waals surface area contributed by atoms with Crippen LogP contribution in [0.5, 0.6) is 0 Å². The first-order chi connectivity index (χ1) is 10.9. The molecule has 132 valence electrons. The molecule has 0 bridgehead atoms. The summed E-state index contributed by atoms with van der Waals surface area (Å²) >= 11 is 0.